The van der Waals surface area contributed by atoms with Crippen LogP contribution in [-0.2, 0) is 14.3 Å². The molecule has 8 heteroatoms. The minimum Gasteiger partial charge on any atom is -0.394 e. The van der Waals surface area contributed by atoms with Crippen molar-refractivity contribution < 1.29 is 34.7 Å². The van der Waals surface area contributed by atoms with Crippen molar-refractivity contribution in [2.24, 2.45) is 52.3 Å². The summed E-state index contributed by atoms with van der Waals surface area (Å²) in [6, 6.07) is 0.680. The predicted molar refractivity (Wildman–Crippen MR) is 158 cm³/mol. The van der Waals surface area contributed by atoms with Crippen LogP contribution in [0.1, 0.15) is 91.9 Å². The first-order valence-electron chi connectivity index (χ1n) is 17.0. The predicted octanol–water partition coefficient (Wildman–Crippen LogP) is 3.38. The molecule has 6 aliphatic rings. The fourth-order valence-electron chi connectivity index (χ4n) is 11.4. The summed E-state index contributed by atoms with van der Waals surface area (Å²) in [6.45, 7) is 10.5. The van der Waals surface area contributed by atoms with Gasteiger partial charge >= 0.3 is 0 Å². The number of piperidine rings is 1. The third kappa shape index (κ3) is 5.23. The highest BCUT2D eigenvalue weighted by molar-refractivity contribution is 5.83. The maximum Gasteiger partial charge on any atom is 0.186 e. The highest BCUT2D eigenvalue weighted by Crippen LogP contribution is 2.67. The van der Waals surface area contributed by atoms with Crippen molar-refractivity contribution in [1.29, 1.82) is 0 Å². The summed E-state index contributed by atoms with van der Waals surface area (Å²) >= 11 is 0. The number of hydrogen-bond acceptors (Lipinski definition) is 8. The Morgan fingerprint density at radius 2 is 1.79 bits per heavy atom. The van der Waals surface area contributed by atoms with E-state index in [1.54, 1.807) is 0 Å². The molecule has 16 atom stereocenters. The molecule has 0 aromatic heterocycles. The topological polar surface area (TPSA) is 120 Å². The summed E-state index contributed by atoms with van der Waals surface area (Å²) in [6.07, 6.45) is 3.99. The van der Waals surface area contributed by atoms with Gasteiger partial charge in [0.25, 0.3) is 0 Å². The van der Waals surface area contributed by atoms with E-state index >= 15 is 0 Å². The fourth-order valence-corrected chi connectivity index (χ4v) is 11.4. The van der Waals surface area contributed by atoms with E-state index in [2.05, 4.69) is 39.6 Å². The number of rotatable bonds is 5. The summed E-state index contributed by atoms with van der Waals surface area (Å²) in [5, 5.41) is 40.4. The van der Waals surface area contributed by atoms with Gasteiger partial charge in [0.05, 0.1) is 12.7 Å². The third-order valence-corrected chi connectivity index (χ3v) is 13.9. The van der Waals surface area contributed by atoms with Crippen LogP contribution in [0.15, 0.2) is 0 Å². The molecule has 0 aromatic rings. The van der Waals surface area contributed by atoms with E-state index < -0.39 is 37.3 Å². The summed E-state index contributed by atoms with van der Waals surface area (Å²) in [5.41, 5.74) is 0.299. The number of carbonyl (C=O) groups is 1. The van der Waals surface area contributed by atoms with Crippen molar-refractivity contribution in [3.63, 3.8) is 0 Å². The number of carbonyl (C=O) groups excluding carboxylic acids is 1. The Hall–Kier alpha value is -0.610. The van der Waals surface area contributed by atoms with E-state index in [4.69, 9.17) is 9.47 Å². The molecule has 2 saturated heterocycles. The number of aliphatic hydroxyl groups excluding tert-OH is 4. The molecule has 2 aliphatic heterocycles. The number of likely N-dealkylation sites (tertiary alicyclic amines) is 1. The second-order valence-corrected chi connectivity index (χ2v) is 16.3. The van der Waals surface area contributed by atoms with Gasteiger partial charge in [-0.05, 0) is 111 Å². The fraction of sp³-hybridized carbons (Fsp3) is 0.971. The van der Waals surface area contributed by atoms with Crippen LogP contribution in [-0.4, -0.2) is 94.2 Å². The zero-order valence-electron chi connectivity index (χ0n) is 26.5. The number of ketones is 1. The van der Waals surface area contributed by atoms with Gasteiger partial charge in [-0.25, -0.2) is 0 Å². The van der Waals surface area contributed by atoms with Gasteiger partial charge in [-0.1, -0.05) is 27.7 Å². The Morgan fingerprint density at radius 3 is 2.50 bits per heavy atom. The van der Waals surface area contributed by atoms with Gasteiger partial charge < -0.3 is 34.8 Å². The number of fused-ring (bicyclic) bond motifs is 5. The second kappa shape index (κ2) is 11.6. The molecule has 0 spiro atoms. The minimum atomic E-state index is -1.46. The molecule has 0 aromatic carbocycles. The van der Waals surface area contributed by atoms with E-state index in [1.807, 2.05) is 0 Å². The highest BCUT2D eigenvalue weighted by Gasteiger charge is 2.62. The molecule has 0 radical (unpaired) electrons. The molecular formula is C34H57NO7. The Morgan fingerprint density at radius 1 is 1.02 bits per heavy atom. The molecule has 240 valence electrons. The monoisotopic (exact) mass is 591 g/mol. The Labute approximate surface area is 252 Å². The first-order chi connectivity index (χ1) is 19.9. The minimum absolute atomic E-state index is 0.0417. The molecule has 4 saturated carbocycles. The smallest absolute Gasteiger partial charge is 0.186 e. The highest BCUT2D eigenvalue weighted by atomic mass is 16.7. The second-order valence-electron chi connectivity index (χ2n) is 16.3. The lowest BCUT2D eigenvalue weighted by molar-refractivity contribution is -0.315. The Bertz CT molecular complexity index is 993. The van der Waals surface area contributed by atoms with Gasteiger partial charge in [0.1, 0.15) is 30.2 Å². The summed E-state index contributed by atoms with van der Waals surface area (Å²) in [4.78, 5) is 16.6. The lowest BCUT2D eigenvalue weighted by atomic mass is 9.45. The SMILES string of the molecule is C[C@H]1CC[C@H]([C@@H](C)[C@H]2C[C@H]3[C@@H]4CC(=O)[C@H]5C[C@@H](O[C@@H]6O[C@H](CO)[C@@H](O)[C@H](O)[C@H]6O)CC[C@]5(C)[C@H]4CC[C@]3(C)C2)N(C)C1. The average Bonchev–Trinajstić information content (AvgIpc) is 3.32. The van der Waals surface area contributed by atoms with Crippen LogP contribution in [0, 0.1) is 52.3 Å². The summed E-state index contributed by atoms with van der Waals surface area (Å²) < 4.78 is 11.8. The van der Waals surface area contributed by atoms with E-state index in [-0.39, 0.29) is 17.4 Å². The van der Waals surface area contributed by atoms with Crippen molar-refractivity contribution in [3.05, 3.63) is 0 Å². The maximum atomic E-state index is 14.0. The normalized spacial score (nSPS) is 54.1. The van der Waals surface area contributed by atoms with Gasteiger partial charge in [0.15, 0.2) is 6.29 Å². The number of ether oxygens (including phenoxy) is 2. The number of Topliss-reactive ketones (excluding diaryl/α,β-unsaturated/α-hetero) is 1. The van der Waals surface area contributed by atoms with Gasteiger partial charge in [0.2, 0.25) is 0 Å². The molecular weight excluding hydrogens is 534 g/mol. The van der Waals surface area contributed by atoms with Crippen LogP contribution >= 0.6 is 0 Å². The molecule has 42 heavy (non-hydrogen) atoms. The van der Waals surface area contributed by atoms with Crippen LogP contribution in [0.25, 0.3) is 0 Å². The maximum absolute atomic E-state index is 14.0. The average molecular weight is 592 g/mol. The van der Waals surface area contributed by atoms with Crippen molar-refractivity contribution in [1.82, 2.24) is 4.90 Å². The van der Waals surface area contributed by atoms with Crippen molar-refractivity contribution in [2.45, 2.75) is 135 Å². The van der Waals surface area contributed by atoms with Gasteiger partial charge in [-0.15, -0.1) is 0 Å². The molecule has 4 N–H and O–H groups in total. The van der Waals surface area contributed by atoms with Crippen LogP contribution in [0.4, 0.5) is 0 Å². The van der Waals surface area contributed by atoms with Crippen LogP contribution < -0.4 is 0 Å². The first-order valence-corrected chi connectivity index (χ1v) is 17.0. The van der Waals surface area contributed by atoms with E-state index in [9.17, 15) is 25.2 Å². The number of nitrogens with zero attached hydrogens (tertiary/aromatic N) is 1. The number of aliphatic hydroxyl groups is 4. The zero-order chi connectivity index (χ0) is 30.1. The Kier molecular flexibility index (Phi) is 8.69. The molecule has 6 fully saturated rings. The Balaban J connectivity index is 1.13. The largest absolute Gasteiger partial charge is 0.394 e. The van der Waals surface area contributed by atoms with Crippen LogP contribution in [0.2, 0.25) is 0 Å². The zero-order valence-corrected chi connectivity index (χ0v) is 26.5. The summed E-state index contributed by atoms with van der Waals surface area (Å²) in [7, 11) is 2.33. The van der Waals surface area contributed by atoms with Crippen LogP contribution in [0.5, 0.6) is 0 Å². The summed E-state index contributed by atoms with van der Waals surface area (Å²) in [5.74, 6) is 4.19. The molecule has 0 unspecified atom stereocenters. The van der Waals surface area contributed by atoms with Crippen molar-refractivity contribution in [2.75, 3.05) is 20.2 Å². The molecule has 8 nitrogen and oxygen atoms in total. The molecule has 2 heterocycles. The quantitative estimate of drug-likeness (QED) is 0.360. The van der Waals surface area contributed by atoms with Crippen molar-refractivity contribution in [3.8, 4) is 0 Å². The number of hydrogen-bond donors (Lipinski definition) is 4. The lowest BCUT2D eigenvalue weighted by Crippen LogP contribution is -2.60. The third-order valence-electron chi connectivity index (χ3n) is 13.9. The molecule has 6 rings (SSSR count). The van der Waals surface area contributed by atoms with E-state index in [0.29, 0.717) is 53.8 Å². The van der Waals surface area contributed by atoms with Crippen LogP contribution in [0.3, 0.4) is 0 Å². The molecule has 4 aliphatic carbocycles. The van der Waals surface area contributed by atoms with Gasteiger partial charge in [-0.2, -0.15) is 0 Å². The van der Waals surface area contributed by atoms with E-state index in [1.165, 1.54) is 45.1 Å². The molecule has 0 amide bonds. The standard InChI is InChI=1S/C34H57NO7/c1-18-6-7-26(35(5)16-18)19(2)20-12-24-22-14-27(37)25-13-21(41-32-31(40)30(39)29(38)28(17-36)42-32)8-11-34(25,4)23(22)9-10-33(24,3)15-20/h18-26,28-32,36,38-40H,6-17H2,1-5H3/t18-,19-,20-,21-,22+,23-,24-,25+,26+,28+,29+,30-,31+,32+,33+,34+/m0/s1. The van der Waals surface area contributed by atoms with Gasteiger partial charge in [-0.3, -0.25) is 4.79 Å². The van der Waals surface area contributed by atoms with Gasteiger partial charge in [0, 0.05) is 24.9 Å². The first kappa shape index (κ1) is 31.4. The molecule has 0 bridgehead atoms. The van der Waals surface area contributed by atoms with Crippen molar-refractivity contribution >= 4 is 5.78 Å². The lowest BCUT2D eigenvalue weighted by Gasteiger charge is -2.59. The van der Waals surface area contributed by atoms with E-state index in [0.717, 1.165) is 24.7 Å².